The first-order valence-electron chi connectivity index (χ1n) is 11.3. The molecule has 0 fully saturated rings. The van der Waals surface area contributed by atoms with E-state index in [1.165, 1.54) is 18.3 Å². The van der Waals surface area contributed by atoms with Gasteiger partial charge in [-0.05, 0) is 49.3 Å². The molecule has 0 saturated carbocycles. The van der Waals surface area contributed by atoms with Crippen molar-refractivity contribution < 1.29 is 19.5 Å². The van der Waals surface area contributed by atoms with Gasteiger partial charge in [0.1, 0.15) is 11.8 Å². The molecule has 35 heavy (non-hydrogen) atoms. The zero-order chi connectivity index (χ0) is 26.4. The van der Waals surface area contributed by atoms with Crippen molar-refractivity contribution in [1.82, 2.24) is 16.1 Å². The highest BCUT2D eigenvalue weighted by atomic mass is 16.3. The molecular weight excluding hydrogens is 454 g/mol. The zero-order valence-electron chi connectivity index (χ0n) is 20.1. The number of aromatic hydroxyl groups is 1. The summed E-state index contributed by atoms with van der Waals surface area (Å²) in [6, 6.07) is 3.21. The highest BCUT2D eigenvalue weighted by Crippen LogP contribution is 2.12. The van der Waals surface area contributed by atoms with Gasteiger partial charge in [0.05, 0.1) is 12.1 Å². The van der Waals surface area contributed by atoms with Gasteiger partial charge in [0.15, 0.2) is 5.96 Å². The molecular formula is C22H37N9O4. The molecule has 13 heteroatoms. The smallest absolute Gasteiger partial charge is 0.332 e. The first-order chi connectivity index (χ1) is 16.5. The number of rotatable bonds is 14. The van der Waals surface area contributed by atoms with Crippen molar-refractivity contribution in [1.29, 1.82) is 0 Å². The molecule has 1 rings (SSSR count). The van der Waals surface area contributed by atoms with Crippen LogP contribution in [0.4, 0.5) is 4.79 Å². The molecule has 0 aromatic heterocycles. The highest BCUT2D eigenvalue weighted by Gasteiger charge is 2.26. The van der Waals surface area contributed by atoms with E-state index >= 15 is 0 Å². The topological polar surface area (TPSA) is 236 Å². The Morgan fingerprint density at radius 2 is 1.71 bits per heavy atom. The summed E-state index contributed by atoms with van der Waals surface area (Å²) in [4.78, 5) is 40.6. The lowest BCUT2D eigenvalue weighted by Crippen LogP contribution is -2.54. The molecule has 0 radical (unpaired) electrons. The average molecular weight is 492 g/mol. The molecule has 1 aromatic carbocycles. The summed E-state index contributed by atoms with van der Waals surface area (Å²) < 4.78 is 0. The van der Waals surface area contributed by atoms with E-state index in [-0.39, 0.29) is 24.0 Å². The minimum absolute atomic E-state index is 0.0435. The maximum Gasteiger partial charge on any atom is 0.332 e. The van der Waals surface area contributed by atoms with Crippen LogP contribution in [0.3, 0.4) is 0 Å². The molecule has 1 aromatic rings. The maximum atomic E-state index is 13.0. The van der Waals surface area contributed by atoms with Crippen molar-refractivity contribution in [2.24, 2.45) is 38.9 Å². The number of hydrogen-bond acceptors (Lipinski definition) is 7. The number of primary amides is 1. The van der Waals surface area contributed by atoms with E-state index in [1.54, 1.807) is 12.1 Å². The molecule has 0 aliphatic carbocycles. The SMILES string of the molecule is CC(C)C[C@H](NC(=O)[C@@H](N)Cc1ccc(O)cc1)C(=O)N[C@H](/C=N/NC(N)=O)CCCN=C(N)N. The lowest BCUT2D eigenvalue weighted by molar-refractivity contribution is -0.130. The second-order valence-electron chi connectivity index (χ2n) is 8.49. The number of guanidine groups is 1. The van der Waals surface area contributed by atoms with E-state index in [0.717, 1.165) is 5.56 Å². The Bertz CT molecular complexity index is 883. The average Bonchev–Trinajstić information content (AvgIpc) is 2.76. The molecule has 4 amide bonds. The van der Waals surface area contributed by atoms with Crippen molar-refractivity contribution in [3.05, 3.63) is 29.8 Å². The van der Waals surface area contributed by atoms with Crippen LogP contribution in [0.15, 0.2) is 34.4 Å². The van der Waals surface area contributed by atoms with Crippen LogP contribution in [0, 0.1) is 5.92 Å². The molecule has 0 unspecified atom stereocenters. The lowest BCUT2D eigenvalue weighted by atomic mass is 10.0. The van der Waals surface area contributed by atoms with Crippen molar-refractivity contribution in [2.75, 3.05) is 6.54 Å². The number of carbonyl (C=O) groups excluding carboxylic acids is 3. The number of carbonyl (C=O) groups is 3. The van der Waals surface area contributed by atoms with Gasteiger partial charge in [0.25, 0.3) is 0 Å². The van der Waals surface area contributed by atoms with E-state index in [9.17, 15) is 19.5 Å². The summed E-state index contributed by atoms with van der Waals surface area (Å²) in [6.07, 6.45) is 2.88. The van der Waals surface area contributed by atoms with Crippen molar-refractivity contribution >= 4 is 30.0 Å². The van der Waals surface area contributed by atoms with Gasteiger partial charge in [-0.15, -0.1) is 0 Å². The van der Waals surface area contributed by atoms with Gasteiger partial charge in [-0.25, -0.2) is 10.2 Å². The van der Waals surface area contributed by atoms with Gasteiger partial charge in [-0.3, -0.25) is 14.6 Å². The van der Waals surface area contributed by atoms with Crippen LogP contribution >= 0.6 is 0 Å². The summed E-state index contributed by atoms with van der Waals surface area (Å²) in [6.45, 7) is 4.19. The quantitative estimate of drug-likeness (QED) is 0.0697. The Hall–Kier alpha value is -3.87. The normalized spacial score (nSPS) is 13.6. The molecule has 0 aliphatic heterocycles. The van der Waals surface area contributed by atoms with Crippen LogP contribution in [0.5, 0.6) is 5.75 Å². The van der Waals surface area contributed by atoms with Crippen LogP contribution in [0.2, 0.25) is 0 Å². The summed E-state index contributed by atoms with van der Waals surface area (Å²) in [7, 11) is 0. The zero-order valence-corrected chi connectivity index (χ0v) is 20.1. The number of amides is 4. The number of phenolic OH excluding ortho intramolecular Hbond substituents is 1. The van der Waals surface area contributed by atoms with Gasteiger partial charge >= 0.3 is 6.03 Å². The Kier molecular flexibility index (Phi) is 12.6. The largest absolute Gasteiger partial charge is 0.508 e. The standard InChI is InChI=1S/C22H37N9O4/c1-13(2)10-18(30-19(33)17(23)11-14-5-7-16(32)8-6-14)20(34)29-15(12-28-31-22(26)35)4-3-9-27-21(24)25/h5-8,12-13,15,17-18,32H,3-4,9-11,23H2,1-2H3,(H,29,34)(H,30,33)(H4,24,25,27)(H3,26,31,35)/b28-12+/t15-,17-,18-/m0/s1. The second kappa shape index (κ2) is 15.1. The van der Waals surface area contributed by atoms with E-state index in [0.29, 0.717) is 25.8 Å². The third-order valence-electron chi connectivity index (χ3n) is 4.79. The molecule has 0 spiro atoms. The molecule has 0 saturated heterocycles. The number of benzene rings is 1. The predicted octanol–water partition coefficient (Wildman–Crippen LogP) is -1.01. The van der Waals surface area contributed by atoms with E-state index < -0.39 is 36.0 Å². The Morgan fingerprint density at radius 1 is 1.06 bits per heavy atom. The molecule has 3 atom stereocenters. The monoisotopic (exact) mass is 491 g/mol. The number of phenols is 1. The number of nitrogens with one attached hydrogen (secondary N) is 3. The Balaban J connectivity index is 2.85. The first kappa shape index (κ1) is 29.2. The number of aliphatic imine (C=N–C) groups is 1. The number of urea groups is 1. The second-order valence-corrected chi connectivity index (χ2v) is 8.49. The summed E-state index contributed by atoms with van der Waals surface area (Å²) >= 11 is 0. The van der Waals surface area contributed by atoms with Gasteiger partial charge in [-0.2, -0.15) is 5.10 Å². The first-order valence-corrected chi connectivity index (χ1v) is 11.3. The summed E-state index contributed by atoms with van der Waals surface area (Å²) in [5.74, 6) is -0.737. The van der Waals surface area contributed by atoms with E-state index in [4.69, 9.17) is 22.9 Å². The number of nitrogens with zero attached hydrogens (tertiary/aromatic N) is 2. The Morgan fingerprint density at radius 3 is 2.29 bits per heavy atom. The molecule has 0 heterocycles. The minimum Gasteiger partial charge on any atom is -0.508 e. The van der Waals surface area contributed by atoms with Crippen molar-refractivity contribution in [3.8, 4) is 5.75 Å². The number of hydrazone groups is 1. The van der Waals surface area contributed by atoms with Gasteiger partial charge < -0.3 is 38.7 Å². The summed E-state index contributed by atoms with van der Waals surface area (Å²) in [5, 5.41) is 18.7. The number of hydrogen-bond donors (Lipinski definition) is 8. The number of nitrogens with two attached hydrogens (primary N) is 4. The van der Waals surface area contributed by atoms with Crippen molar-refractivity contribution in [2.45, 2.75) is 57.7 Å². The van der Waals surface area contributed by atoms with Crippen LogP contribution in [0.25, 0.3) is 0 Å². The van der Waals surface area contributed by atoms with Crippen molar-refractivity contribution in [3.63, 3.8) is 0 Å². The van der Waals surface area contributed by atoms with Crippen LogP contribution in [-0.2, 0) is 16.0 Å². The van der Waals surface area contributed by atoms with Gasteiger partial charge in [-0.1, -0.05) is 26.0 Å². The van der Waals surface area contributed by atoms with Gasteiger partial charge in [0.2, 0.25) is 11.8 Å². The maximum absolute atomic E-state index is 13.0. The fraction of sp³-hybridized carbons (Fsp3) is 0.500. The Labute approximate surface area is 204 Å². The third kappa shape index (κ3) is 12.8. The molecule has 0 bridgehead atoms. The van der Waals surface area contributed by atoms with Crippen LogP contribution in [-0.4, -0.2) is 59.8 Å². The van der Waals surface area contributed by atoms with Crippen LogP contribution < -0.4 is 39.0 Å². The predicted molar refractivity (Wildman–Crippen MR) is 134 cm³/mol. The third-order valence-corrected chi connectivity index (χ3v) is 4.79. The van der Waals surface area contributed by atoms with E-state index in [1.807, 2.05) is 13.8 Å². The van der Waals surface area contributed by atoms with E-state index in [2.05, 4.69) is 26.2 Å². The fourth-order valence-corrected chi connectivity index (χ4v) is 3.14. The fourth-order valence-electron chi connectivity index (χ4n) is 3.14. The molecule has 12 N–H and O–H groups in total. The highest BCUT2D eigenvalue weighted by molar-refractivity contribution is 5.91. The molecule has 13 nitrogen and oxygen atoms in total. The molecule has 194 valence electrons. The minimum atomic E-state index is -0.890. The van der Waals surface area contributed by atoms with Gasteiger partial charge in [0, 0.05) is 12.8 Å². The molecule has 0 aliphatic rings. The van der Waals surface area contributed by atoms with Crippen LogP contribution in [0.1, 0.15) is 38.7 Å². The summed E-state index contributed by atoms with van der Waals surface area (Å²) in [5.41, 5.74) is 24.6. The lowest BCUT2D eigenvalue weighted by Gasteiger charge is -2.24.